The van der Waals surface area contributed by atoms with E-state index >= 15 is 0 Å². The Hall–Kier alpha value is -0.820. The summed E-state index contributed by atoms with van der Waals surface area (Å²) in [5.74, 6) is 0. The summed E-state index contributed by atoms with van der Waals surface area (Å²) in [6.07, 6.45) is 3.71. The lowest BCUT2D eigenvalue weighted by molar-refractivity contribution is 0.445. The van der Waals surface area contributed by atoms with Crippen molar-refractivity contribution in [1.82, 2.24) is 5.32 Å². The Labute approximate surface area is 92.9 Å². The van der Waals surface area contributed by atoms with Gasteiger partial charge in [0.1, 0.15) is 0 Å². The molecule has 0 aromatic heterocycles. The average molecular weight is 203 g/mol. The SMILES string of the molecule is CCC(C)NC1CCc2cc(C)ccc21. The number of hydrogen-bond acceptors (Lipinski definition) is 1. The Bertz CT molecular complexity index is 343. The van der Waals surface area contributed by atoms with Crippen molar-refractivity contribution < 1.29 is 0 Å². The molecule has 0 radical (unpaired) electrons. The zero-order valence-electron chi connectivity index (χ0n) is 10.0. The predicted octanol–water partition coefficient (Wildman–Crippen LogP) is 3.37. The molecule has 1 aromatic rings. The zero-order chi connectivity index (χ0) is 10.8. The van der Waals surface area contributed by atoms with Gasteiger partial charge in [-0.2, -0.15) is 0 Å². The lowest BCUT2D eigenvalue weighted by Crippen LogP contribution is -2.28. The van der Waals surface area contributed by atoms with Crippen molar-refractivity contribution in [3.05, 3.63) is 34.9 Å². The Morgan fingerprint density at radius 2 is 2.27 bits per heavy atom. The summed E-state index contributed by atoms with van der Waals surface area (Å²) in [7, 11) is 0. The first-order chi connectivity index (χ1) is 7.20. The monoisotopic (exact) mass is 203 g/mol. The molecule has 0 fully saturated rings. The number of rotatable bonds is 3. The molecule has 0 bridgehead atoms. The molecular weight excluding hydrogens is 182 g/mol. The van der Waals surface area contributed by atoms with Crippen molar-refractivity contribution in [2.75, 3.05) is 0 Å². The van der Waals surface area contributed by atoms with Gasteiger partial charge in [0.15, 0.2) is 0 Å². The second-order valence-electron chi connectivity index (χ2n) is 4.77. The third-order valence-corrected chi connectivity index (χ3v) is 3.47. The predicted molar refractivity (Wildman–Crippen MR) is 65.1 cm³/mol. The number of nitrogens with one attached hydrogen (secondary N) is 1. The molecular formula is C14H21N. The third-order valence-electron chi connectivity index (χ3n) is 3.47. The number of benzene rings is 1. The first kappa shape index (κ1) is 10.7. The van der Waals surface area contributed by atoms with Gasteiger partial charge in [0.25, 0.3) is 0 Å². The summed E-state index contributed by atoms with van der Waals surface area (Å²) in [4.78, 5) is 0. The van der Waals surface area contributed by atoms with Gasteiger partial charge in [-0.3, -0.25) is 0 Å². The fourth-order valence-corrected chi connectivity index (χ4v) is 2.38. The maximum atomic E-state index is 3.70. The second-order valence-corrected chi connectivity index (χ2v) is 4.77. The molecule has 0 heterocycles. The summed E-state index contributed by atoms with van der Waals surface area (Å²) in [6.45, 7) is 6.69. The van der Waals surface area contributed by atoms with Crippen LogP contribution in [0, 0.1) is 6.92 Å². The zero-order valence-corrected chi connectivity index (χ0v) is 10.0. The smallest absolute Gasteiger partial charge is 0.0328 e. The molecule has 1 aliphatic rings. The summed E-state index contributed by atoms with van der Waals surface area (Å²) in [6, 6.07) is 8.10. The van der Waals surface area contributed by atoms with Crippen LogP contribution in [0.2, 0.25) is 0 Å². The van der Waals surface area contributed by atoms with E-state index in [2.05, 4.69) is 44.3 Å². The van der Waals surface area contributed by atoms with Crippen molar-refractivity contribution >= 4 is 0 Å². The minimum Gasteiger partial charge on any atom is -0.307 e. The molecule has 2 unspecified atom stereocenters. The largest absolute Gasteiger partial charge is 0.307 e. The quantitative estimate of drug-likeness (QED) is 0.794. The van der Waals surface area contributed by atoms with Gasteiger partial charge in [-0.05, 0) is 44.2 Å². The van der Waals surface area contributed by atoms with Crippen LogP contribution in [0.4, 0.5) is 0 Å². The molecule has 2 rings (SSSR count). The first-order valence-corrected chi connectivity index (χ1v) is 6.06. The molecule has 2 atom stereocenters. The molecule has 1 aliphatic carbocycles. The van der Waals surface area contributed by atoms with Crippen LogP contribution in [0.1, 0.15) is 49.4 Å². The van der Waals surface area contributed by atoms with E-state index < -0.39 is 0 Å². The van der Waals surface area contributed by atoms with Gasteiger partial charge in [-0.25, -0.2) is 0 Å². The fourth-order valence-electron chi connectivity index (χ4n) is 2.38. The van der Waals surface area contributed by atoms with E-state index in [9.17, 15) is 0 Å². The lowest BCUT2D eigenvalue weighted by atomic mass is 10.0. The van der Waals surface area contributed by atoms with Gasteiger partial charge < -0.3 is 5.32 Å². The van der Waals surface area contributed by atoms with Crippen molar-refractivity contribution in [3.63, 3.8) is 0 Å². The summed E-state index contributed by atoms with van der Waals surface area (Å²) < 4.78 is 0. The van der Waals surface area contributed by atoms with Crippen LogP contribution in [0.15, 0.2) is 18.2 Å². The first-order valence-electron chi connectivity index (χ1n) is 6.06. The van der Waals surface area contributed by atoms with Crippen LogP contribution in [-0.4, -0.2) is 6.04 Å². The lowest BCUT2D eigenvalue weighted by Gasteiger charge is -2.19. The van der Waals surface area contributed by atoms with Gasteiger partial charge >= 0.3 is 0 Å². The van der Waals surface area contributed by atoms with Crippen LogP contribution in [0.5, 0.6) is 0 Å². The third kappa shape index (κ3) is 2.23. The molecule has 1 nitrogen and oxygen atoms in total. The van der Waals surface area contributed by atoms with E-state index in [0.717, 1.165) is 0 Å². The maximum absolute atomic E-state index is 3.70. The number of fused-ring (bicyclic) bond motifs is 1. The minimum absolute atomic E-state index is 0.593. The molecule has 1 aromatic carbocycles. The normalized spacial score (nSPS) is 21.4. The van der Waals surface area contributed by atoms with Crippen LogP contribution in [0.25, 0.3) is 0 Å². The summed E-state index contributed by atoms with van der Waals surface area (Å²) >= 11 is 0. The molecule has 15 heavy (non-hydrogen) atoms. The summed E-state index contributed by atoms with van der Waals surface area (Å²) in [5, 5.41) is 3.70. The second kappa shape index (κ2) is 4.36. The average Bonchev–Trinajstić information content (AvgIpc) is 2.60. The molecule has 0 saturated heterocycles. The maximum Gasteiger partial charge on any atom is 0.0328 e. The standard InChI is InChI=1S/C14H21N/c1-4-11(3)15-14-8-6-12-9-10(2)5-7-13(12)14/h5,7,9,11,14-15H,4,6,8H2,1-3H3. The van der Waals surface area contributed by atoms with Gasteiger partial charge in [-0.1, -0.05) is 30.7 Å². The highest BCUT2D eigenvalue weighted by Gasteiger charge is 2.22. The topological polar surface area (TPSA) is 12.0 Å². The van der Waals surface area contributed by atoms with Crippen LogP contribution < -0.4 is 5.32 Å². The minimum atomic E-state index is 0.593. The highest BCUT2D eigenvalue weighted by molar-refractivity contribution is 5.37. The van der Waals surface area contributed by atoms with E-state index in [1.807, 2.05) is 0 Å². The molecule has 0 spiro atoms. The summed E-state index contributed by atoms with van der Waals surface area (Å²) in [5.41, 5.74) is 4.47. The van der Waals surface area contributed by atoms with Crippen molar-refractivity contribution in [2.24, 2.45) is 0 Å². The van der Waals surface area contributed by atoms with E-state index in [0.29, 0.717) is 12.1 Å². The van der Waals surface area contributed by atoms with E-state index in [1.165, 1.54) is 30.4 Å². The Morgan fingerprint density at radius 1 is 1.47 bits per heavy atom. The molecule has 0 saturated carbocycles. The molecule has 82 valence electrons. The fraction of sp³-hybridized carbons (Fsp3) is 0.571. The van der Waals surface area contributed by atoms with Gasteiger partial charge in [0.05, 0.1) is 0 Å². The Morgan fingerprint density at radius 3 is 3.00 bits per heavy atom. The van der Waals surface area contributed by atoms with Gasteiger partial charge in [0.2, 0.25) is 0 Å². The Kier molecular flexibility index (Phi) is 3.11. The number of hydrogen-bond donors (Lipinski definition) is 1. The van der Waals surface area contributed by atoms with Gasteiger partial charge in [0, 0.05) is 12.1 Å². The Balaban J connectivity index is 2.14. The van der Waals surface area contributed by atoms with Crippen molar-refractivity contribution in [2.45, 2.75) is 52.1 Å². The molecule has 1 N–H and O–H groups in total. The molecule has 1 heteroatoms. The molecule has 0 amide bonds. The van der Waals surface area contributed by atoms with E-state index in [4.69, 9.17) is 0 Å². The highest BCUT2D eigenvalue weighted by atomic mass is 14.9. The van der Waals surface area contributed by atoms with Crippen LogP contribution in [-0.2, 0) is 6.42 Å². The highest BCUT2D eigenvalue weighted by Crippen LogP contribution is 2.32. The van der Waals surface area contributed by atoms with Crippen LogP contribution >= 0.6 is 0 Å². The van der Waals surface area contributed by atoms with Crippen LogP contribution in [0.3, 0.4) is 0 Å². The van der Waals surface area contributed by atoms with E-state index in [1.54, 1.807) is 5.56 Å². The van der Waals surface area contributed by atoms with Gasteiger partial charge in [-0.15, -0.1) is 0 Å². The van der Waals surface area contributed by atoms with Crippen molar-refractivity contribution in [1.29, 1.82) is 0 Å². The van der Waals surface area contributed by atoms with E-state index in [-0.39, 0.29) is 0 Å². The number of aryl methyl sites for hydroxylation is 2. The van der Waals surface area contributed by atoms with Crippen molar-refractivity contribution in [3.8, 4) is 0 Å². The molecule has 0 aliphatic heterocycles.